The van der Waals surface area contributed by atoms with Crippen molar-refractivity contribution in [3.8, 4) is 0 Å². The van der Waals surface area contributed by atoms with Crippen LogP contribution in [0.5, 0.6) is 0 Å². The third kappa shape index (κ3) is 2.66. The lowest BCUT2D eigenvalue weighted by atomic mass is 9.85. The number of hydrogen-bond donors (Lipinski definition) is 1. The molecule has 0 aliphatic carbocycles. The van der Waals surface area contributed by atoms with E-state index in [2.05, 4.69) is 15.9 Å². The van der Waals surface area contributed by atoms with Gasteiger partial charge in [0.2, 0.25) is 0 Å². The zero-order valence-corrected chi connectivity index (χ0v) is 12.4. The zero-order chi connectivity index (χ0) is 14.2. The second-order valence-corrected chi connectivity index (χ2v) is 5.72. The van der Waals surface area contributed by atoms with E-state index in [4.69, 9.17) is 17.3 Å². The molecule has 1 unspecified atom stereocenters. The van der Waals surface area contributed by atoms with Crippen molar-refractivity contribution in [3.63, 3.8) is 0 Å². The quantitative estimate of drug-likeness (QED) is 0.790. The number of hydrogen-bond acceptors (Lipinski definition) is 1. The van der Waals surface area contributed by atoms with E-state index in [0.29, 0.717) is 10.6 Å². The van der Waals surface area contributed by atoms with Crippen LogP contribution in [-0.4, -0.2) is 0 Å². The van der Waals surface area contributed by atoms with Crippen molar-refractivity contribution < 1.29 is 8.78 Å². The summed E-state index contributed by atoms with van der Waals surface area (Å²) in [6.07, 6.45) is 0. The van der Waals surface area contributed by atoms with E-state index in [1.54, 1.807) is 31.2 Å². The van der Waals surface area contributed by atoms with Crippen molar-refractivity contribution in [1.82, 2.24) is 0 Å². The summed E-state index contributed by atoms with van der Waals surface area (Å²) in [5.41, 5.74) is 5.17. The van der Waals surface area contributed by atoms with Crippen LogP contribution in [0, 0.1) is 11.6 Å². The molecule has 0 fully saturated rings. The lowest BCUT2D eigenvalue weighted by Crippen LogP contribution is -2.36. The first-order valence-electron chi connectivity index (χ1n) is 5.53. The van der Waals surface area contributed by atoms with Gasteiger partial charge in [-0.25, -0.2) is 8.78 Å². The molecule has 2 N–H and O–H groups in total. The molecule has 0 aliphatic heterocycles. The van der Waals surface area contributed by atoms with Gasteiger partial charge in [0.15, 0.2) is 0 Å². The van der Waals surface area contributed by atoms with Crippen LogP contribution in [0.25, 0.3) is 0 Å². The van der Waals surface area contributed by atoms with E-state index in [1.807, 2.05) is 0 Å². The summed E-state index contributed by atoms with van der Waals surface area (Å²) in [6, 6.07) is 9.14. The summed E-state index contributed by atoms with van der Waals surface area (Å²) in [7, 11) is 0. The third-order valence-corrected chi connectivity index (χ3v) is 3.84. The molecule has 0 radical (unpaired) electrons. The molecule has 2 aromatic carbocycles. The van der Waals surface area contributed by atoms with Gasteiger partial charge >= 0.3 is 0 Å². The number of nitrogens with two attached hydrogens (primary N) is 1. The van der Waals surface area contributed by atoms with Gasteiger partial charge in [0.25, 0.3) is 0 Å². The average molecular weight is 347 g/mol. The maximum absolute atomic E-state index is 14.1. The fourth-order valence-electron chi connectivity index (χ4n) is 1.96. The highest BCUT2D eigenvalue weighted by molar-refractivity contribution is 9.10. The Kier molecular flexibility index (Phi) is 3.95. The molecular formula is C14H11BrClF2N. The Bertz CT molecular complexity index is 629. The normalized spacial score (nSPS) is 14.2. The molecule has 2 aromatic rings. The largest absolute Gasteiger partial charge is 0.318 e. The van der Waals surface area contributed by atoms with Gasteiger partial charge in [0.05, 0.1) is 10.0 Å². The van der Waals surface area contributed by atoms with Crippen LogP contribution in [0.15, 0.2) is 40.9 Å². The number of benzene rings is 2. The highest BCUT2D eigenvalue weighted by Crippen LogP contribution is 2.34. The van der Waals surface area contributed by atoms with Crippen LogP contribution < -0.4 is 5.73 Å². The standard InChI is InChI=1S/C14H11BrClF2N/c1-14(19,8-3-2-4-9(16)7-8)12-11(17)6-5-10(15)13(12)18/h2-7H,19H2,1H3. The van der Waals surface area contributed by atoms with Crippen LogP contribution in [0.2, 0.25) is 5.02 Å². The minimum Gasteiger partial charge on any atom is -0.318 e. The first kappa shape index (κ1) is 14.4. The van der Waals surface area contributed by atoms with Gasteiger partial charge in [-0.3, -0.25) is 0 Å². The monoisotopic (exact) mass is 345 g/mol. The second-order valence-electron chi connectivity index (χ2n) is 4.43. The highest BCUT2D eigenvalue weighted by atomic mass is 79.9. The molecular weight excluding hydrogens is 336 g/mol. The molecule has 0 bridgehead atoms. The predicted octanol–water partition coefficient (Wildman–Crippen LogP) is 4.60. The van der Waals surface area contributed by atoms with Crippen LogP contribution in [-0.2, 0) is 5.54 Å². The van der Waals surface area contributed by atoms with Crippen LogP contribution in [0.1, 0.15) is 18.1 Å². The molecule has 5 heteroatoms. The van der Waals surface area contributed by atoms with Crippen LogP contribution in [0.4, 0.5) is 8.78 Å². The fourth-order valence-corrected chi connectivity index (χ4v) is 2.48. The van der Waals surface area contributed by atoms with E-state index in [9.17, 15) is 8.78 Å². The van der Waals surface area contributed by atoms with E-state index in [-0.39, 0.29) is 10.0 Å². The first-order chi connectivity index (χ1) is 8.84. The maximum Gasteiger partial charge on any atom is 0.145 e. The highest BCUT2D eigenvalue weighted by Gasteiger charge is 2.31. The van der Waals surface area contributed by atoms with Crippen molar-refractivity contribution in [1.29, 1.82) is 0 Å². The average Bonchev–Trinajstić information content (AvgIpc) is 2.34. The van der Waals surface area contributed by atoms with E-state index in [0.717, 1.165) is 0 Å². The minimum atomic E-state index is -1.32. The molecule has 0 saturated carbocycles. The van der Waals surface area contributed by atoms with Crippen LogP contribution in [0.3, 0.4) is 0 Å². The Hall–Kier alpha value is -0.970. The number of rotatable bonds is 2. The van der Waals surface area contributed by atoms with Gasteiger partial charge in [0.1, 0.15) is 11.6 Å². The molecule has 0 spiro atoms. The Morgan fingerprint density at radius 3 is 2.53 bits per heavy atom. The summed E-state index contributed by atoms with van der Waals surface area (Å²) >= 11 is 8.93. The first-order valence-corrected chi connectivity index (χ1v) is 6.70. The van der Waals surface area contributed by atoms with Crippen molar-refractivity contribution >= 4 is 27.5 Å². The van der Waals surface area contributed by atoms with E-state index < -0.39 is 17.2 Å². The Morgan fingerprint density at radius 1 is 1.21 bits per heavy atom. The molecule has 0 aliphatic rings. The van der Waals surface area contributed by atoms with Crippen LogP contribution >= 0.6 is 27.5 Å². The van der Waals surface area contributed by atoms with Gasteiger partial charge < -0.3 is 5.73 Å². The summed E-state index contributed by atoms with van der Waals surface area (Å²) in [4.78, 5) is 0. The molecule has 0 aromatic heterocycles. The third-order valence-electron chi connectivity index (χ3n) is 2.99. The Labute approximate surface area is 123 Å². The summed E-state index contributed by atoms with van der Waals surface area (Å²) in [5, 5.41) is 0.463. The van der Waals surface area contributed by atoms with Gasteiger partial charge in [-0.05, 0) is 52.7 Å². The van der Waals surface area contributed by atoms with Gasteiger partial charge in [-0.2, -0.15) is 0 Å². The Morgan fingerprint density at radius 2 is 1.89 bits per heavy atom. The summed E-state index contributed by atoms with van der Waals surface area (Å²) < 4.78 is 28.3. The molecule has 0 amide bonds. The molecule has 2 rings (SSSR count). The van der Waals surface area contributed by atoms with Crippen molar-refractivity contribution in [3.05, 3.63) is 68.7 Å². The number of halogens is 4. The molecule has 100 valence electrons. The predicted molar refractivity (Wildman–Crippen MR) is 76.2 cm³/mol. The molecule has 0 heterocycles. The van der Waals surface area contributed by atoms with Crippen molar-refractivity contribution in [2.75, 3.05) is 0 Å². The van der Waals surface area contributed by atoms with Crippen molar-refractivity contribution in [2.45, 2.75) is 12.5 Å². The van der Waals surface area contributed by atoms with Gasteiger partial charge in [-0.1, -0.05) is 23.7 Å². The zero-order valence-electron chi connectivity index (χ0n) is 10.1. The molecule has 1 atom stereocenters. The SMILES string of the molecule is CC(N)(c1cccc(Cl)c1)c1c(F)ccc(Br)c1F. The second kappa shape index (κ2) is 5.19. The summed E-state index contributed by atoms with van der Waals surface area (Å²) in [5.74, 6) is -1.39. The van der Waals surface area contributed by atoms with Gasteiger partial charge in [-0.15, -0.1) is 0 Å². The van der Waals surface area contributed by atoms with Crippen molar-refractivity contribution in [2.24, 2.45) is 5.73 Å². The van der Waals surface area contributed by atoms with Gasteiger partial charge in [0, 0.05) is 10.6 Å². The summed E-state index contributed by atoms with van der Waals surface area (Å²) in [6.45, 7) is 1.55. The Balaban J connectivity index is 2.66. The fraction of sp³-hybridized carbons (Fsp3) is 0.143. The minimum absolute atomic E-state index is 0.169. The lowest BCUT2D eigenvalue weighted by molar-refractivity contribution is 0.479. The molecule has 0 saturated heterocycles. The van der Waals surface area contributed by atoms with E-state index >= 15 is 0 Å². The lowest BCUT2D eigenvalue weighted by Gasteiger charge is -2.27. The molecule has 1 nitrogen and oxygen atoms in total. The van der Waals surface area contributed by atoms with E-state index in [1.165, 1.54) is 12.1 Å². The topological polar surface area (TPSA) is 26.0 Å². The smallest absolute Gasteiger partial charge is 0.145 e. The molecule has 19 heavy (non-hydrogen) atoms. The maximum atomic E-state index is 14.1.